The van der Waals surface area contributed by atoms with Crippen molar-refractivity contribution >= 4 is 34.2 Å². The van der Waals surface area contributed by atoms with Gasteiger partial charge in [0.25, 0.3) is 0 Å². The summed E-state index contributed by atoms with van der Waals surface area (Å²) in [5.74, 6) is -0.124. The first-order valence-corrected chi connectivity index (χ1v) is 8.32. The summed E-state index contributed by atoms with van der Waals surface area (Å²) in [6, 6.07) is 9.61. The molecule has 2 aromatic rings. The van der Waals surface area contributed by atoms with E-state index in [9.17, 15) is 9.59 Å². The molecule has 5 heteroatoms. The number of nitrogens with one attached hydrogen (secondary N) is 1. The quantitative estimate of drug-likeness (QED) is 0.869. The van der Waals surface area contributed by atoms with Crippen molar-refractivity contribution in [3.63, 3.8) is 0 Å². The summed E-state index contributed by atoms with van der Waals surface area (Å²) in [5, 5.41) is 3.24. The zero-order chi connectivity index (χ0) is 16.4. The number of thiazole rings is 1. The van der Waals surface area contributed by atoms with E-state index < -0.39 is 0 Å². The van der Waals surface area contributed by atoms with Gasteiger partial charge in [0.1, 0.15) is 0 Å². The molecule has 0 aliphatic heterocycles. The van der Waals surface area contributed by atoms with Crippen molar-refractivity contribution in [3.05, 3.63) is 52.5 Å². The van der Waals surface area contributed by atoms with Gasteiger partial charge in [0, 0.05) is 12.5 Å². The van der Waals surface area contributed by atoms with E-state index in [4.69, 9.17) is 0 Å². The Bertz CT molecular complexity index is 776. The van der Waals surface area contributed by atoms with Crippen LogP contribution in [0.15, 0.2) is 36.4 Å². The van der Waals surface area contributed by atoms with E-state index >= 15 is 0 Å². The molecule has 4 nitrogen and oxygen atoms in total. The first kappa shape index (κ1) is 15.6. The molecule has 0 saturated carbocycles. The largest absolute Gasteiger partial charge is 0.298 e. The van der Waals surface area contributed by atoms with E-state index in [1.165, 1.54) is 17.4 Å². The molecule has 1 aromatic carbocycles. The lowest BCUT2D eigenvalue weighted by Crippen LogP contribution is -2.26. The molecule has 1 N–H and O–H groups in total. The second-order valence-electron chi connectivity index (χ2n) is 6.47. The molecule has 3 rings (SSSR count). The van der Waals surface area contributed by atoms with Gasteiger partial charge in [0.2, 0.25) is 5.91 Å². The smallest absolute Gasteiger partial charge is 0.250 e. The lowest BCUT2D eigenvalue weighted by Gasteiger charge is -2.26. The number of nitrogens with zero attached hydrogens (tertiary/aromatic N) is 1. The molecule has 0 radical (unpaired) electrons. The highest BCUT2D eigenvalue weighted by molar-refractivity contribution is 7.17. The predicted octanol–water partition coefficient (Wildman–Crippen LogP) is 3.95. The van der Waals surface area contributed by atoms with Crippen LogP contribution in [0.5, 0.6) is 0 Å². The standard InChI is InChI=1S/C18H18N2O2S/c1-18(2)10-13-16(14(21)11-18)23-17(19-13)20-15(22)9-8-12-6-4-3-5-7-12/h3-9H,10-11H2,1-2H3,(H,19,20,22)/b9-8-. The Labute approximate surface area is 139 Å². The minimum absolute atomic E-state index is 0.0628. The van der Waals surface area contributed by atoms with E-state index in [0.717, 1.165) is 17.7 Å². The lowest BCUT2D eigenvalue weighted by molar-refractivity contribution is -0.111. The van der Waals surface area contributed by atoms with E-state index in [0.29, 0.717) is 16.4 Å². The third kappa shape index (κ3) is 3.74. The summed E-state index contributed by atoms with van der Waals surface area (Å²) in [6.45, 7) is 4.13. The first-order chi connectivity index (χ1) is 10.9. The lowest BCUT2D eigenvalue weighted by atomic mass is 9.78. The number of rotatable bonds is 3. The topological polar surface area (TPSA) is 59.1 Å². The number of carbonyl (C=O) groups excluding carboxylic acids is 2. The molecule has 0 bridgehead atoms. The SMILES string of the molecule is CC1(C)CC(=O)c2sc(NC(=O)/C=C\c3ccccc3)nc2C1. The van der Waals surface area contributed by atoms with E-state index in [-0.39, 0.29) is 17.1 Å². The van der Waals surface area contributed by atoms with Crippen LogP contribution in [0.3, 0.4) is 0 Å². The predicted molar refractivity (Wildman–Crippen MR) is 92.7 cm³/mol. The molecule has 1 heterocycles. The monoisotopic (exact) mass is 326 g/mol. The highest BCUT2D eigenvalue weighted by atomic mass is 32.1. The molecule has 118 valence electrons. The number of benzene rings is 1. The van der Waals surface area contributed by atoms with Crippen molar-refractivity contribution in [2.75, 3.05) is 5.32 Å². The Morgan fingerprint density at radius 2 is 2.00 bits per heavy atom. The number of fused-ring (bicyclic) bond motifs is 1. The maximum atomic E-state index is 12.2. The minimum atomic E-state index is -0.244. The Morgan fingerprint density at radius 1 is 1.26 bits per heavy atom. The third-order valence-electron chi connectivity index (χ3n) is 3.69. The summed E-state index contributed by atoms with van der Waals surface area (Å²) in [5.41, 5.74) is 1.70. The number of ketones is 1. The van der Waals surface area contributed by atoms with Crippen molar-refractivity contribution in [2.24, 2.45) is 5.41 Å². The summed E-state index contributed by atoms with van der Waals surface area (Å²) in [7, 11) is 0. The number of Topliss-reactive ketones (excluding diaryl/α,β-unsaturated/α-hetero) is 1. The van der Waals surface area contributed by atoms with Crippen molar-refractivity contribution in [1.29, 1.82) is 0 Å². The van der Waals surface area contributed by atoms with Crippen molar-refractivity contribution in [3.8, 4) is 0 Å². The molecule has 1 amide bonds. The van der Waals surface area contributed by atoms with Gasteiger partial charge in [0.15, 0.2) is 10.9 Å². The summed E-state index contributed by atoms with van der Waals surface area (Å²) < 4.78 is 0. The molecule has 0 spiro atoms. The van der Waals surface area contributed by atoms with Gasteiger partial charge in [-0.25, -0.2) is 4.98 Å². The van der Waals surface area contributed by atoms with Gasteiger partial charge in [-0.15, -0.1) is 0 Å². The molecule has 1 aromatic heterocycles. The van der Waals surface area contributed by atoms with E-state index in [1.54, 1.807) is 6.08 Å². The van der Waals surface area contributed by atoms with Crippen molar-refractivity contribution in [1.82, 2.24) is 4.98 Å². The number of hydrogen-bond acceptors (Lipinski definition) is 4. The second-order valence-corrected chi connectivity index (χ2v) is 7.47. The highest BCUT2D eigenvalue weighted by Crippen LogP contribution is 2.38. The van der Waals surface area contributed by atoms with E-state index in [2.05, 4.69) is 24.1 Å². The molecular formula is C18H18N2O2S. The fraction of sp³-hybridized carbons (Fsp3) is 0.278. The fourth-order valence-electron chi connectivity index (χ4n) is 2.66. The van der Waals surface area contributed by atoms with Gasteiger partial charge in [0.05, 0.1) is 10.6 Å². The average Bonchev–Trinajstić information content (AvgIpc) is 2.87. The van der Waals surface area contributed by atoms with Gasteiger partial charge in [-0.05, 0) is 23.5 Å². The van der Waals surface area contributed by atoms with Crippen LogP contribution in [0.2, 0.25) is 0 Å². The zero-order valence-corrected chi connectivity index (χ0v) is 13.9. The van der Waals surface area contributed by atoms with Gasteiger partial charge in [-0.1, -0.05) is 55.5 Å². The van der Waals surface area contributed by atoms with Crippen LogP contribution in [0.1, 0.15) is 41.2 Å². The molecule has 0 atom stereocenters. The van der Waals surface area contributed by atoms with Gasteiger partial charge < -0.3 is 0 Å². The third-order valence-corrected chi connectivity index (χ3v) is 4.75. The maximum Gasteiger partial charge on any atom is 0.250 e. The van der Waals surface area contributed by atoms with Crippen LogP contribution in [-0.2, 0) is 11.2 Å². The molecule has 0 unspecified atom stereocenters. The fourth-order valence-corrected chi connectivity index (χ4v) is 3.58. The Kier molecular flexibility index (Phi) is 4.13. The number of anilines is 1. The first-order valence-electron chi connectivity index (χ1n) is 7.50. The Balaban J connectivity index is 1.71. The summed E-state index contributed by atoms with van der Waals surface area (Å²) >= 11 is 1.27. The van der Waals surface area contributed by atoms with Crippen LogP contribution in [0.25, 0.3) is 6.08 Å². The van der Waals surface area contributed by atoms with Crippen LogP contribution in [0, 0.1) is 5.41 Å². The van der Waals surface area contributed by atoms with Gasteiger partial charge >= 0.3 is 0 Å². The van der Waals surface area contributed by atoms with Crippen LogP contribution in [-0.4, -0.2) is 16.7 Å². The number of amides is 1. The molecular weight excluding hydrogens is 308 g/mol. The summed E-state index contributed by atoms with van der Waals surface area (Å²) in [6.07, 6.45) is 4.52. The Morgan fingerprint density at radius 3 is 2.74 bits per heavy atom. The van der Waals surface area contributed by atoms with Crippen molar-refractivity contribution in [2.45, 2.75) is 26.7 Å². The normalized spacial score (nSPS) is 16.3. The molecule has 23 heavy (non-hydrogen) atoms. The summed E-state index contributed by atoms with van der Waals surface area (Å²) in [4.78, 5) is 29.3. The zero-order valence-electron chi connectivity index (χ0n) is 13.1. The van der Waals surface area contributed by atoms with Gasteiger partial charge in [-0.2, -0.15) is 0 Å². The highest BCUT2D eigenvalue weighted by Gasteiger charge is 2.33. The average molecular weight is 326 g/mol. The Hall–Kier alpha value is -2.27. The van der Waals surface area contributed by atoms with Crippen LogP contribution >= 0.6 is 11.3 Å². The van der Waals surface area contributed by atoms with Crippen LogP contribution < -0.4 is 5.32 Å². The molecule has 1 aliphatic rings. The molecule has 0 fully saturated rings. The van der Waals surface area contributed by atoms with Crippen molar-refractivity contribution < 1.29 is 9.59 Å². The number of carbonyl (C=O) groups is 2. The minimum Gasteiger partial charge on any atom is -0.298 e. The number of aromatic nitrogens is 1. The molecule has 0 saturated heterocycles. The van der Waals surface area contributed by atoms with E-state index in [1.807, 2.05) is 30.3 Å². The maximum absolute atomic E-state index is 12.2. The van der Waals surface area contributed by atoms with Crippen LogP contribution in [0.4, 0.5) is 5.13 Å². The van der Waals surface area contributed by atoms with Gasteiger partial charge in [-0.3, -0.25) is 14.9 Å². The molecule has 1 aliphatic carbocycles. The second kappa shape index (κ2) is 6.08. The number of hydrogen-bond donors (Lipinski definition) is 1.